The quantitative estimate of drug-likeness (QED) is 0.767. The summed E-state index contributed by atoms with van der Waals surface area (Å²) in [5, 5.41) is 12.3. The molecule has 1 aromatic heterocycles. The first-order chi connectivity index (χ1) is 8.97. The summed E-state index contributed by atoms with van der Waals surface area (Å²) in [6, 6.07) is 0. The van der Waals surface area contributed by atoms with Gasteiger partial charge in [-0.05, 0) is 23.8 Å². The van der Waals surface area contributed by atoms with Crippen LogP contribution < -0.4 is 4.72 Å². The number of aliphatic carboxylic acids is 1. The average Bonchev–Trinajstić information content (AvgIpc) is 2.96. The minimum atomic E-state index is -3.60. The molecule has 1 saturated heterocycles. The molecule has 0 spiro atoms. The van der Waals surface area contributed by atoms with E-state index in [1.165, 1.54) is 6.20 Å². The van der Waals surface area contributed by atoms with Crippen LogP contribution in [0.15, 0.2) is 17.3 Å². The lowest BCUT2D eigenvalue weighted by atomic mass is 10.1. The molecule has 9 heteroatoms. The molecule has 7 nitrogen and oxygen atoms in total. The highest BCUT2D eigenvalue weighted by Gasteiger charge is 2.21. The third-order valence-electron chi connectivity index (χ3n) is 2.80. The molecular formula is C10H15N3O4S2. The van der Waals surface area contributed by atoms with Gasteiger partial charge in [-0.25, -0.2) is 13.1 Å². The van der Waals surface area contributed by atoms with Crippen LogP contribution in [0.3, 0.4) is 0 Å². The number of rotatable bonds is 6. The van der Waals surface area contributed by atoms with Crippen molar-refractivity contribution in [3.63, 3.8) is 0 Å². The van der Waals surface area contributed by atoms with Gasteiger partial charge < -0.3 is 5.11 Å². The Hall–Kier alpha value is -1.06. The Balaban J connectivity index is 1.98. The van der Waals surface area contributed by atoms with Crippen LogP contribution in [0.1, 0.15) is 6.42 Å². The van der Waals surface area contributed by atoms with Gasteiger partial charge in [0.1, 0.15) is 11.4 Å². The summed E-state index contributed by atoms with van der Waals surface area (Å²) in [4.78, 5) is 10.5. The van der Waals surface area contributed by atoms with Crippen LogP contribution in [0.4, 0.5) is 0 Å². The molecule has 2 heterocycles. The maximum atomic E-state index is 12.0. The van der Waals surface area contributed by atoms with Crippen LogP contribution in [0, 0.1) is 5.92 Å². The van der Waals surface area contributed by atoms with Crippen molar-refractivity contribution >= 4 is 27.8 Å². The van der Waals surface area contributed by atoms with E-state index in [1.54, 1.807) is 0 Å². The van der Waals surface area contributed by atoms with Crippen molar-refractivity contribution in [2.45, 2.75) is 17.9 Å². The van der Waals surface area contributed by atoms with Crippen molar-refractivity contribution < 1.29 is 18.3 Å². The first-order valence-corrected chi connectivity index (χ1v) is 8.43. The number of aromatic nitrogens is 2. The van der Waals surface area contributed by atoms with Crippen LogP contribution in [-0.2, 0) is 21.4 Å². The Labute approximate surface area is 115 Å². The van der Waals surface area contributed by atoms with Gasteiger partial charge in [-0.15, -0.1) is 0 Å². The maximum absolute atomic E-state index is 12.0. The topological polar surface area (TPSA) is 101 Å². The van der Waals surface area contributed by atoms with Gasteiger partial charge in [0.25, 0.3) is 0 Å². The predicted octanol–water partition coefficient (Wildman–Crippen LogP) is -0.000900. The fourth-order valence-corrected chi connectivity index (χ4v) is 4.12. The maximum Gasteiger partial charge on any atom is 0.325 e. The number of nitrogens with zero attached hydrogens (tertiary/aromatic N) is 2. The number of hydrogen-bond donors (Lipinski definition) is 2. The Morgan fingerprint density at radius 2 is 2.42 bits per heavy atom. The first-order valence-electron chi connectivity index (χ1n) is 5.79. The van der Waals surface area contributed by atoms with Gasteiger partial charge in [0.2, 0.25) is 10.0 Å². The summed E-state index contributed by atoms with van der Waals surface area (Å²) < 4.78 is 27.6. The van der Waals surface area contributed by atoms with Crippen molar-refractivity contribution in [1.82, 2.24) is 14.5 Å². The van der Waals surface area contributed by atoms with Crippen molar-refractivity contribution in [1.29, 1.82) is 0 Å². The third kappa shape index (κ3) is 3.95. The molecule has 0 aliphatic carbocycles. The summed E-state index contributed by atoms with van der Waals surface area (Å²) in [6.07, 6.45) is 3.40. The molecule has 0 amide bonds. The van der Waals surface area contributed by atoms with E-state index >= 15 is 0 Å². The minimum Gasteiger partial charge on any atom is -0.480 e. The molecule has 1 aromatic rings. The standard InChI is InChI=1S/C10H15N3O4S2/c14-10(15)6-13-5-9(4-11-13)19(16,17)12-3-8-1-2-18-7-8/h4-5,8,12H,1-3,6-7H2,(H,14,15). The Morgan fingerprint density at radius 1 is 1.63 bits per heavy atom. The zero-order valence-corrected chi connectivity index (χ0v) is 11.8. The molecule has 1 aliphatic rings. The van der Waals surface area contributed by atoms with Crippen LogP contribution in [0.5, 0.6) is 0 Å². The van der Waals surface area contributed by atoms with Gasteiger partial charge in [-0.2, -0.15) is 16.9 Å². The Kier molecular flexibility index (Phi) is 4.48. The molecule has 1 fully saturated rings. The smallest absolute Gasteiger partial charge is 0.325 e. The van der Waals surface area contributed by atoms with Crippen molar-refractivity contribution in [3.8, 4) is 0 Å². The van der Waals surface area contributed by atoms with Crippen molar-refractivity contribution in [3.05, 3.63) is 12.4 Å². The van der Waals surface area contributed by atoms with Crippen molar-refractivity contribution in [2.75, 3.05) is 18.1 Å². The van der Waals surface area contributed by atoms with Gasteiger partial charge in [-0.3, -0.25) is 9.48 Å². The van der Waals surface area contributed by atoms with E-state index in [1.807, 2.05) is 11.8 Å². The Bertz CT molecular complexity index is 549. The molecule has 1 aliphatic heterocycles. The second-order valence-electron chi connectivity index (χ2n) is 4.35. The number of nitrogens with one attached hydrogen (secondary N) is 1. The van der Waals surface area contributed by atoms with Crippen molar-refractivity contribution in [2.24, 2.45) is 5.92 Å². The fraction of sp³-hybridized carbons (Fsp3) is 0.600. The lowest BCUT2D eigenvalue weighted by Gasteiger charge is -2.09. The number of thioether (sulfide) groups is 1. The minimum absolute atomic E-state index is 0.000556. The molecular weight excluding hydrogens is 290 g/mol. The second kappa shape index (κ2) is 5.93. The van der Waals surface area contributed by atoms with Gasteiger partial charge in [0.15, 0.2) is 0 Å². The van der Waals surface area contributed by atoms with E-state index < -0.39 is 16.0 Å². The highest BCUT2D eigenvalue weighted by atomic mass is 32.2. The molecule has 19 heavy (non-hydrogen) atoms. The highest BCUT2D eigenvalue weighted by Crippen LogP contribution is 2.23. The number of carboxylic acids is 1. The summed E-state index contributed by atoms with van der Waals surface area (Å²) in [6.45, 7) is 0.0637. The summed E-state index contributed by atoms with van der Waals surface area (Å²) >= 11 is 1.82. The molecule has 2 rings (SSSR count). The molecule has 1 unspecified atom stereocenters. The van der Waals surface area contributed by atoms with Crippen LogP contribution in [0.2, 0.25) is 0 Å². The van der Waals surface area contributed by atoms with Crippen LogP contribution in [0.25, 0.3) is 0 Å². The van der Waals surface area contributed by atoms with E-state index in [4.69, 9.17) is 5.11 Å². The summed E-state index contributed by atoms with van der Waals surface area (Å²) in [5.74, 6) is 1.35. The number of carboxylic acid groups (broad SMARTS) is 1. The fourth-order valence-electron chi connectivity index (χ4n) is 1.76. The SMILES string of the molecule is O=C(O)Cn1cc(S(=O)(=O)NCC2CCSC2)cn1. The van der Waals surface area contributed by atoms with Gasteiger partial charge in [0, 0.05) is 12.7 Å². The lowest BCUT2D eigenvalue weighted by molar-refractivity contribution is -0.137. The zero-order chi connectivity index (χ0) is 13.9. The molecule has 1 atom stereocenters. The van der Waals surface area contributed by atoms with E-state index in [0.29, 0.717) is 12.5 Å². The average molecular weight is 305 g/mol. The largest absolute Gasteiger partial charge is 0.480 e. The summed E-state index contributed by atoms with van der Waals surface area (Å²) in [7, 11) is -3.60. The van der Waals surface area contributed by atoms with E-state index in [-0.39, 0.29) is 11.4 Å². The lowest BCUT2D eigenvalue weighted by Crippen LogP contribution is -2.29. The van der Waals surface area contributed by atoms with Gasteiger partial charge in [-0.1, -0.05) is 0 Å². The number of hydrogen-bond acceptors (Lipinski definition) is 5. The third-order valence-corrected chi connectivity index (χ3v) is 5.41. The zero-order valence-electron chi connectivity index (χ0n) is 10.2. The molecule has 0 aromatic carbocycles. The second-order valence-corrected chi connectivity index (χ2v) is 7.27. The first kappa shape index (κ1) is 14.4. The molecule has 0 saturated carbocycles. The van der Waals surface area contributed by atoms with Gasteiger partial charge in [0.05, 0.1) is 6.20 Å². The highest BCUT2D eigenvalue weighted by molar-refractivity contribution is 7.99. The van der Waals surface area contributed by atoms with Crippen LogP contribution >= 0.6 is 11.8 Å². The van der Waals surface area contributed by atoms with E-state index in [0.717, 1.165) is 28.8 Å². The normalized spacial score (nSPS) is 19.7. The number of carbonyl (C=O) groups is 1. The van der Waals surface area contributed by atoms with E-state index in [9.17, 15) is 13.2 Å². The predicted molar refractivity (Wildman–Crippen MR) is 70.5 cm³/mol. The van der Waals surface area contributed by atoms with Crippen LogP contribution in [-0.4, -0.2) is 47.3 Å². The number of sulfonamides is 1. The molecule has 106 valence electrons. The monoisotopic (exact) mass is 305 g/mol. The summed E-state index contributed by atoms with van der Waals surface area (Å²) in [5.41, 5.74) is 0. The molecule has 0 radical (unpaired) electrons. The van der Waals surface area contributed by atoms with E-state index in [2.05, 4.69) is 9.82 Å². The van der Waals surface area contributed by atoms with Gasteiger partial charge >= 0.3 is 5.97 Å². The molecule has 2 N–H and O–H groups in total. The molecule has 0 bridgehead atoms. The Morgan fingerprint density at radius 3 is 3.05 bits per heavy atom.